The number of hydrogen-bond donors (Lipinski definition) is 3. The molecule has 5 rings (SSSR count). The Hall–Kier alpha value is -3.77. The van der Waals surface area contributed by atoms with Crippen molar-refractivity contribution in [1.29, 1.82) is 0 Å². The number of aliphatic hydroxyl groups is 1. The van der Waals surface area contributed by atoms with Gasteiger partial charge in [0.15, 0.2) is 5.65 Å². The highest BCUT2D eigenvalue weighted by Crippen LogP contribution is 2.32. The molecule has 2 fully saturated rings. The van der Waals surface area contributed by atoms with Crippen LogP contribution in [0.5, 0.6) is 0 Å². The zero-order valence-corrected chi connectivity index (χ0v) is 21.1. The number of amides is 3. The second kappa shape index (κ2) is 10.7. The van der Waals surface area contributed by atoms with E-state index >= 15 is 0 Å². The summed E-state index contributed by atoms with van der Waals surface area (Å²) in [6, 6.07) is 7.32. The summed E-state index contributed by atoms with van der Waals surface area (Å²) in [6.07, 6.45) is 2.26. The molecule has 12 heteroatoms. The Labute approximate surface area is 214 Å². The average molecular weight is 509 g/mol. The molecule has 2 aromatic heterocycles. The number of nitrogens with zero attached hydrogens (tertiary/aromatic N) is 6. The zero-order valence-electron chi connectivity index (χ0n) is 21.1. The van der Waals surface area contributed by atoms with Gasteiger partial charge in [0.1, 0.15) is 6.10 Å². The fourth-order valence-electron chi connectivity index (χ4n) is 4.81. The van der Waals surface area contributed by atoms with Crippen LogP contribution in [-0.4, -0.2) is 94.2 Å². The highest BCUT2D eigenvalue weighted by Gasteiger charge is 2.28. The van der Waals surface area contributed by atoms with E-state index in [-0.39, 0.29) is 18.0 Å². The Balaban J connectivity index is 1.49. The van der Waals surface area contributed by atoms with Crippen LogP contribution in [0.4, 0.5) is 16.4 Å². The minimum Gasteiger partial charge on any atom is -0.384 e. The fourth-order valence-corrected chi connectivity index (χ4v) is 4.81. The molecule has 0 unspecified atom stereocenters. The number of likely N-dealkylation sites (tertiary alicyclic amines) is 1. The first-order valence-electron chi connectivity index (χ1n) is 12.6. The molecule has 0 saturated carbocycles. The van der Waals surface area contributed by atoms with Gasteiger partial charge in [-0.3, -0.25) is 4.79 Å². The van der Waals surface area contributed by atoms with Crippen molar-refractivity contribution in [1.82, 2.24) is 30.0 Å². The second-order valence-electron chi connectivity index (χ2n) is 9.31. The van der Waals surface area contributed by atoms with Gasteiger partial charge in [-0.15, -0.1) is 0 Å². The number of carbonyl (C=O) groups excluding carboxylic acids is 2. The number of benzene rings is 1. The van der Waals surface area contributed by atoms with Crippen molar-refractivity contribution in [3.05, 3.63) is 30.5 Å². The number of fused-ring (bicyclic) bond motifs is 1. The van der Waals surface area contributed by atoms with Crippen LogP contribution in [-0.2, 0) is 9.53 Å². The topological polar surface area (TPSA) is 138 Å². The van der Waals surface area contributed by atoms with Crippen molar-refractivity contribution in [3.8, 4) is 11.3 Å². The molecule has 2 aliphatic heterocycles. The van der Waals surface area contributed by atoms with Crippen LogP contribution in [0.15, 0.2) is 30.5 Å². The Morgan fingerprint density at radius 2 is 1.78 bits per heavy atom. The third kappa shape index (κ3) is 5.20. The van der Waals surface area contributed by atoms with Crippen LogP contribution in [0.3, 0.4) is 0 Å². The van der Waals surface area contributed by atoms with E-state index in [0.717, 1.165) is 35.1 Å². The Morgan fingerprint density at radius 1 is 1.08 bits per heavy atom. The maximum absolute atomic E-state index is 12.2. The van der Waals surface area contributed by atoms with Crippen molar-refractivity contribution >= 4 is 34.6 Å². The molecule has 0 radical (unpaired) electrons. The van der Waals surface area contributed by atoms with Crippen LogP contribution < -0.4 is 15.5 Å². The van der Waals surface area contributed by atoms with E-state index < -0.39 is 6.10 Å². The number of aliphatic hydroxyl groups excluding tert-OH is 1. The maximum atomic E-state index is 12.2. The maximum Gasteiger partial charge on any atom is 0.318 e. The van der Waals surface area contributed by atoms with Crippen LogP contribution in [0.2, 0.25) is 0 Å². The number of hydrogen-bond acceptors (Lipinski definition) is 8. The van der Waals surface area contributed by atoms with Crippen LogP contribution in [0.1, 0.15) is 25.8 Å². The van der Waals surface area contributed by atoms with Crippen molar-refractivity contribution in [3.63, 3.8) is 0 Å². The van der Waals surface area contributed by atoms with Gasteiger partial charge < -0.3 is 30.3 Å². The predicted molar refractivity (Wildman–Crippen MR) is 138 cm³/mol. The first-order chi connectivity index (χ1) is 17.9. The highest BCUT2D eigenvalue weighted by molar-refractivity contribution is 5.93. The number of ether oxygens (including phenoxy) is 1. The summed E-state index contributed by atoms with van der Waals surface area (Å²) in [5.41, 5.74) is 3.09. The monoisotopic (exact) mass is 508 g/mol. The molecule has 3 amide bonds. The van der Waals surface area contributed by atoms with Gasteiger partial charge in [0, 0.05) is 44.5 Å². The summed E-state index contributed by atoms with van der Waals surface area (Å²) in [7, 11) is 1.57. The van der Waals surface area contributed by atoms with Crippen molar-refractivity contribution in [2.24, 2.45) is 0 Å². The third-order valence-corrected chi connectivity index (χ3v) is 6.86. The minimum atomic E-state index is -0.994. The Morgan fingerprint density at radius 3 is 2.43 bits per heavy atom. The molecule has 0 aliphatic carbocycles. The van der Waals surface area contributed by atoms with Gasteiger partial charge in [-0.25, -0.2) is 14.5 Å². The van der Waals surface area contributed by atoms with Gasteiger partial charge in [-0.05, 0) is 31.9 Å². The van der Waals surface area contributed by atoms with Crippen LogP contribution >= 0.6 is 0 Å². The van der Waals surface area contributed by atoms with Crippen molar-refractivity contribution in [2.45, 2.75) is 31.9 Å². The number of rotatable bonds is 5. The summed E-state index contributed by atoms with van der Waals surface area (Å²) < 4.78 is 7.48. The molecule has 3 N–H and O–H groups in total. The summed E-state index contributed by atoms with van der Waals surface area (Å²) >= 11 is 0. The molecule has 2 aliphatic rings. The number of morpholine rings is 1. The lowest BCUT2D eigenvalue weighted by atomic mass is 10.0. The van der Waals surface area contributed by atoms with Gasteiger partial charge in [0.25, 0.3) is 5.91 Å². The van der Waals surface area contributed by atoms with Gasteiger partial charge in [-0.2, -0.15) is 10.1 Å². The standard InChI is InChI=1S/C25H32N8O4/c1-16(34)23(35)31-9-7-19(8-10-31)33-22-20(15-27-33)21(29-24(30-22)32-11-13-37-14-12-32)17-3-5-18(6-4-17)28-25(36)26-2/h3-6,15-16,19,34H,7-14H2,1-2H3,(H2,26,28,36)/t16-/m0/s1. The molecule has 0 bridgehead atoms. The molecule has 0 spiro atoms. The van der Waals surface area contributed by atoms with E-state index in [1.807, 2.05) is 28.9 Å². The molecule has 4 heterocycles. The van der Waals surface area contributed by atoms with Gasteiger partial charge in [0.05, 0.1) is 36.5 Å². The average Bonchev–Trinajstić information content (AvgIpc) is 3.37. The number of aromatic nitrogens is 4. The summed E-state index contributed by atoms with van der Waals surface area (Å²) in [6.45, 7) is 5.26. The number of anilines is 2. The lowest BCUT2D eigenvalue weighted by Crippen LogP contribution is -2.43. The first kappa shape index (κ1) is 24.9. The SMILES string of the molecule is CNC(=O)Nc1ccc(-c2nc(N3CCOCC3)nc3c2cnn3C2CCN(C(=O)[C@H](C)O)CC2)cc1. The fraction of sp³-hybridized carbons (Fsp3) is 0.480. The quantitative estimate of drug-likeness (QED) is 0.473. The summed E-state index contributed by atoms with van der Waals surface area (Å²) in [5.74, 6) is 0.388. The van der Waals surface area contributed by atoms with E-state index in [1.54, 1.807) is 18.1 Å². The first-order valence-corrected chi connectivity index (χ1v) is 12.6. The van der Waals surface area contributed by atoms with E-state index in [1.165, 1.54) is 6.92 Å². The highest BCUT2D eigenvalue weighted by atomic mass is 16.5. The normalized spacial score (nSPS) is 17.6. The summed E-state index contributed by atoms with van der Waals surface area (Å²) in [4.78, 5) is 37.6. The van der Waals surface area contributed by atoms with Crippen LogP contribution in [0, 0.1) is 0 Å². The number of urea groups is 1. The molecule has 12 nitrogen and oxygen atoms in total. The van der Waals surface area contributed by atoms with Crippen LogP contribution in [0.25, 0.3) is 22.3 Å². The minimum absolute atomic E-state index is 0.0787. The smallest absolute Gasteiger partial charge is 0.318 e. The summed E-state index contributed by atoms with van der Waals surface area (Å²) in [5, 5.41) is 20.5. The Bertz CT molecular complexity index is 1260. The Kier molecular flexibility index (Phi) is 7.19. The van der Waals surface area contributed by atoms with E-state index in [2.05, 4.69) is 15.5 Å². The third-order valence-electron chi connectivity index (χ3n) is 6.86. The number of carbonyl (C=O) groups is 2. The van der Waals surface area contributed by atoms with E-state index in [4.69, 9.17) is 19.8 Å². The zero-order chi connectivity index (χ0) is 25.9. The molecule has 3 aromatic rings. The largest absolute Gasteiger partial charge is 0.384 e. The van der Waals surface area contributed by atoms with E-state index in [9.17, 15) is 14.7 Å². The lowest BCUT2D eigenvalue weighted by molar-refractivity contribution is -0.140. The van der Waals surface area contributed by atoms with Gasteiger partial charge in [0.2, 0.25) is 5.95 Å². The number of nitrogens with one attached hydrogen (secondary N) is 2. The molecule has 1 atom stereocenters. The van der Waals surface area contributed by atoms with Crippen molar-refractivity contribution < 1.29 is 19.4 Å². The van der Waals surface area contributed by atoms with Gasteiger partial charge in [-0.1, -0.05) is 12.1 Å². The number of piperidine rings is 1. The van der Waals surface area contributed by atoms with Gasteiger partial charge >= 0.3 is 6.03 Å². The second-order valence-corrected chi connectivity index (χ2v) is 9.31. The molecule has 196 valence electrons. The molecular formula is C25H32N8O4. The van der Waals surface area contributed by atoms with Crippen molar-refractivity contribution in [2.75, 3.05) is 56.7 Å². The predicted octanol–water partition coefficient (Wildman–Crippen LogP) is 1.63. The lowest BCUT2D eigenvalue weighted by Gasteiger charge is -2.33. The molecular weight excluding hydrogens is 476 g/mol. The molecule has 37 heavy (non-hydrogen) atoms. The molecule has 2 saturated heterocycles. The van der Waals surface area contributed by atoms with E-state index in [0.29, 0.717) is 51.0 Å². The molecule has 1 aromatic carbocycles.